The van der Waals surface area contributed by atoms with Crippen molar-refractivity contribution in [3.63, 3.8) is 0 Å². The van der Waals surface area contributed by atoms with Gasteiger partial charge in [-0.3, -0.25) is 4.79 Å². The van der Waals surface area contributed by atoms with Crippen molar-refractivity contribution >= 4 is 5.91 Å². The Labute approximate surface area is 123 Å². The minimum atomic E-state index is -1.36. The first-order chi connectivity index (χ1) is 10.0. The van der Waals surface area contributed by atoms with Crippen LogP contribution in [0.3, 0.4) is 0 Å². The van der Waals surface area contributed by atoms with E-state index in [1.165, 1.54) is 6.07 Å². The maximum Gasteiger partial charge on any atom is 0.233 e. The summed E-state index contributed by atoms with van der Waals surface area (Å²) in [6, 6.07) is 6.45. The van der Waals surface area contributed by atoms with Gasteiger partial charge in [0.1, 0.15) is 11.5 Å². The van der Waals surface area contributed by atoms with Gasteiger partial charge in [-0.25, -0.2) is 8.78 Å². The molecule has 3 nitrogen and oxygen atoms in total. The van der Waals surface area contributed by atoms with Gasteiger partial charge in [0.2, 0.25) is 5.91 Å². The molecule has 1 amide bonds. The zero-order valence-electron chi connectivity index (χ0n) is 11.9. The Hall–Kier alpha value is -1.49. The van der Waals surface area contributed by atoms with E-state index in [2.05, 4.69) is 0 Å². The molecule has 1 heterocycles. The molecular formula is C16H20F2N2O. The number of benzene rings is 1. The Morgan fingerprint density at radius 2 is 1.81 bits per heavy atom. The predicted octanol–water partition coefficient (Wildman–Crippen LogP) is 2.15. The molecule has 0 unspecified atom stereocenters. The van der Waals surface area contributed by atoms with E-state index in [4.69, 9.17) is 5.73 Å². The molecule has 0 bridgehead atoms. The van der Waals surface area contributed by atoms with Crippen LogP contribution in [0.4, 0.5) is 8.78 Å². The summed E-state index contributed by atoms with van der Waals surface area (Å²) in [6.45, 7) is 0.721. The van der Waals surface area contributed by atoms with Gasteiger partial charge < -0.3 is 10.6 Å². The summed E-state index contributed by atoms with van der Waals surface area (Å²) >= 11 is 0. The van der Waals surface area contributed by atoms with Crippen molar-refractivity contribution in [2.45, 2.75) is 36.8 Å². The second-order valence-electron chi connectivity index (χ2n) is 6.21. The molecule has 1 saturated carbocycles. The molecule has 1 aromatic rings. The molecule has 114 valence electrons. The van der Waals surface area contributed by atoms with Crippen molar-refractivity contribution in [3.8, 4) is 0 Å². The number of alkyl halides is 1. The maximum atomic E-state index is 14.1. The maximum absolute atomic E-state index is 14.1. The third kappa shape index (κ3) is 2.44. The Morgan fingerprint density at radius 1 is 1.19 bits per heavy atom. The number of likely N-dealkylation sites (tertiary alicyclic amines) is 1. The van der Waals surface area contributed by atoms with E-state index >= 15 is 0 Å². The number of halogens is 2. The molecule has 21 heavy (non-hydrogen) atoms. The molecule has 2 aliphatic rings. The zero-order valence-corrected chi connectivity index (χ0v) is 11.9. The SMILES string of the molecule is NCC1(F)CCN(C(=O)C2(c3ccccc3F)CC2)CC1. The predicted molar refractivity (Wildman–Crippen MR) is 76.0 cm³/mol. The molecule has 2 N–H and O–H groups in total. The molecule has 0 spiro atoms. The summed E-state index contributed by atoms with van der Waals surface area (Å²) in [4.78, 5) is 14.4. The van der Waals surface area contributed by atoms with E-state index in [1.54, 1.807) is 23.1 Å². The van der Waals surface area contributed by atoms with Gasteiger partial charge in [-0.2, -0.15) is 0 Å². The Balaban J connectivity index is 1.76. The second kappa shape index (κ2) is 5.05. The highest BCUT2D eigenvalue weighted by molar-refractivity contribution is 5.91. The monoisotopic (exact) mass is 294 g/mol. The lowest BCUT2D eigenvalue weighted by Gasteiger charge is -2.37. The Bertz CT molecular complexity index is 549. The van der Waals surface area contributed by atoms with Crippen LogP contribution in [0.25, 0.3) is 0 Å². The third-order valence-corrected chi connectivity index (χ3v) is 4.86. The first-order valence-electron chi connectivity index (χ1n) is 7.44. The number of hydrogen-bond donors (Lipinski definition) is 1. The summed E-state index contributed by atoms with van der Waals surface area (Å²) in [6.07, 6.45) is 1.87. The highest BCUT2D eigenvalue weighted by Crippen LogP contribution is 2.50. The van der Waals surface area contributed by atoms with Crippen molar-refractivity contribution in [3.05, 3.63) is 35.6 Å². The fourth-order valence-electron chi connectivity index (χ4n) is 3.19. The molecule has 0 aromatic heterocycles. The molecule has 5 heteroatoms. The van der Waals surface area contributed by atoms with Gasteiger partial charge in [-0.05, 0) is 18.9 Å². The van der Waals surface area contributed by atoms with Crippen LogP contribution in [0.1, 0.15) is 31.2 Å². The molecule has 0 atom stereocenters. The number of carbonyl (C=O) groups is 1. The Kier molecular flexibility index (Phi) is 3.48. The first-order valence-corrected chi connectivity index (χ1v) is 7.44. The van der Waals surface area contributed by atoms with Crippen LogP contribution in [-0.2, 0) is 10.2 Å². The lowest BCUT2D eigenvalue weighted by Crippen LogP contribution is -2.50. The number of rotatable bonds is 3. The molecule has 3 rings (SSSR count). The minimum absolute atomic E-state index is 0.00646. The summed E-state index contributed by atoms with van der Waals surface area (Å²) in [5, 5.41) is 0. The summed E-state index contributed by atoms with van der Waals surface area (Å²) < 4.78 is 28.1. The molecular weight excluding hydrogens is 274 g/mol. The fourth-order valence-corrected chi connectivity index (χ4v) is 3.19. The number of nitrogens with zero attached hydrogens (tertiary/aromatic N) is 1. The van der Waals surface area contributed by atoms with Crippen molar-refractivity contribution in [2.75, 3.05) is 19.6 Å². The van der Waals surface area contributed by atoms with Crippen LogP contribution in [0.5, 0.6) is 0 Å². The lowest BCUT2D eigenvalue weighted by atomic mass is 9.89. The zero-order chi connectivity index (χ0) is 15.1. The highest BCUT2D eigenvalue weighted by atomic mass is 19.1. The van der Waals surface area contributed by atoms with Crippen molar-refractivity contribution < 1.29 is 13.6 Å². The second-order valence-corrected chi connectivity index (χ2v) is 6.21. The topological polar surface area (TPSA) is 46.3 Å². The van der Waals surface area contributed by atoms with E-state index in [-0.39, 0.29) is 31.1 Å². The van der Waals surface area contributed by atoms with Gasteiger partial charge in [-0.1, -0.05) is 18.2 Å². The summed E-state index contributed by atoms with van der Waals surface area (Å²) in [5.74, 6) is -0.395. The van der Waals surface area contributed by atoms with Crippen LogP contribution in [0.15, 0.2) is 24.3 Å². The quantitative estimate of drug-likeness (QED) is 0.928. The summed E-state index contributed by atoms with van der Waals surface area (Å²) in [7, 11) is 0. The van der Waals surface area contributed by atoms with Crippen molar-refractivity contribution in [2.24, 2.45) is 5.73 Å². The molecule has 1 aliphatic heterocycles. The summed E-state index contributed by atoms with van der Waals surface area (Å²) in [5.41, 5.74) is 3.84. The van der Waals surface area contributed by atoms with Crippen molar-refractivity contribution in [1.29, 1.82) is 0 Å². The minimum Gasteiger partial charge on any atom is -0.342 e. The smallest absolute Gasteiger partial charge is 0.233 e. The van der Waals surface area contributed by atoms with Crippen LogP contribution in [-0.4, -0.2) is 36.1 Å². The third-order valence-electron chi connectivity index (χ3n) is 4.86. The van der Waals surface area contributed by atoms with E-state index in [9.17, 15) is 13.6 Å². The lowest BCUT2D eigenvalue weighted by molar-refractivity contribution is -0.136. The molecule has 0 radical (unpaired) electrons. The molecule has 1 aliphatic carbocycles. The largest absolute Gasteiger partial charge is 0.342 e. The molecule has 2 fully saturated rings. The van der Waals surface area contributed by atoms with Gasteiger partial charge in [0.15, 0.2) is 0 Å². The number of amides is 1. The van der Waals surface area contributed by atoms with Crippen LogP contribution >= 0.6 is 0 Å². The molecule has 1 aromatic carbocycles. The van der Waals surface area contributed by atoms with Gasteiger partial charge in [0.25, 0.3) is 0 Å². The average Bonchev–Trinajstić information content (AvgIpc) is 3.29. The van der Waals surface area contributed by atoms with Gasteiger partial charge in [0, 0.05) is 38.0 Å². The van der Waals surface area contributed by atoms with Crippen LogP contribution < -0.4 is 5.73 Å². The van der Waals surface area contributed by atoms with Gasteiger partial charge in [-0.15, -0.1) is 0 Å². The van der Waals surface area contributed by atoms with E-state index in [1.807, 2.05) is 0 Å². The van der Waals surface area contributed by atoms with Crippen LogP contribution in [0, 0.1) is 5.82 Å². The normalized spacial score (nSPS) is 22.9. The van der Waals surface area contributed by atoms with E-state index in [0.29, 0.717) is 31.5 Å². The number of carbonyl (C=O) groups excluding carboxylic acids is 1. The Morgan fingerprint density at radius 3 is 2.33 bits per heavy atom. The highest BCUT2D eigenvalue weighted by Gasteiger charge is 2.55. The van der Waals surface area contributed by atoms with Gasteiger partial charge >= 0.3 is 0 Å². The van der Waals surface area contributed by atoms with E-state index in [0.717, 1.165) is 0 Å². The first kappa shape index (κ1) is 14.4. The van der Waals surface area contributed by atoms with Crippen LogP contribution in [0.2, 0.25) is 0 Å². The number of hydrogen-bond acceptors (Lipinski definition) is 2. The average molecular weight is 294 g/mol. The number of piperidine rings is 1. The standard InChI is InChI=1S/C16H20F2N2O/c17-13-4-2-1-3-12(13)16(5-6-16)14(21)20-9-7-15(18,11-19)8-10-20/h1-4H,5-11,19H2. The number of nitrogens with two attached hydrogens (primary N) is 1. The van der Waals surface area contributed by atoms with Gasteiger partial charge in [0.05, 0.1) is 5.41 Å². The van der Waals surface area contributed by atoms with Crippen molar-refractivity contribution in [1.82, 2.24) is 4.90 Å². The van der Waals surface area contributed by atoms with E-state index < -0.39 is 11.1 Å². The molecule has 1 saturated heterocycles. The fraction of sp³-hybridized carbons (Fsp3) is 0.562.